The van der Waals surface area contributed by atoms with Crippen molar-refractivity contribution in [2.45, 2.75) is 258 Å². The zero-order valence-corrected chi connectivity index (χ0v) is 40.2. The Labute approximate surface area is 377 Å². The fourth-order valence-corrected chi connectivity index (χ4v) is 7.13. The Hall–Kier alpha value is -2.89. The fraction of sp³-hybridized carbons (Fsp3) is 0.764. The lowest BCUT2D eigenvalue weighted by Crippen LogP contribution is -2.30. The molecule has 0 saturated carbocycles. The molecular formula is C55H96O6. The predicted molar refractivity (Wildman–Crippen MR) is 261 cm³/mol. The molecule has 0 aromatic heterocycles. The quantitative estimate of drug-likeness (QED) is 0.0263. The Kier molecular flexibility index (Phi) is 47.4. The second-order valence-electron chi connectivity index (χ2n) is 17.1. The Morgan fingerprint density at radius 2 is 0.639 bits per heavy atom. The second kappa shape index (κ2) is 49.8. The van der Waals surface area contributed by atoms with E-state index in [1.807, 2.05) is 0 Å². The lowest BCUT2D eigenvalue weighted by molar-refractivity contribution is -0.167. The highest BCUT2D eigenvalue weighted by Gasteiger charge is 2.19. The van der Waals surface area contributed by atoms with Crippen LogP contribution in [0.4, 0.5) is 0 Å². The van der Waals surface area contributed by atoms with Gasteiger partial charge in [-0.3, -0.25) is 14.4 Å². The summed E-state index contributed by atoms with van der Waals surface area (Å²) < 4.78 is 16.8. The molecule has 0 heterocycles. The monoisotopic (exact) mass is 853 g/mol. The lowest BCUT2D eigenvalue weighted by Gasteiger charge is -2.18. The van der Waals surface area contributed by atoms with Crippen LogP contribution >= 0.6 is 0 Å². The van der Waals surface area contributed by atoms with Gasteiger partial charge in [0.15, 0.2) is 6.10 Å². The van der Waals surface area contributed by atoms with Crippen molar-refractivity contribution in [3.63, 3.8) is 0 Å². The molecule has 0 amide bonds. The molecule has 352 valence electrons. The summed E-state index contributed by atoms with van der Waals surface area (Å²) >= 11 is 0. The predicted octanol–water partition coefficient (Wildman–Crippen LogP) is 16.9. The highest BCUT2D eigenvalue weighted by molar-refractivity contribution is 5.71. The Morgan fingerprint density at radius 1 is 0.344 bits per heavy atom. The van der Waals surface area contributed by atoms with Crippen molar-refractivity contribution in [3.05, 3.63) is 60.8 Å². The highest BCUT2D eigenvalue weighted by atomic mass is 16.6. The van der Waals surface area contributed by atoms with Gasteiger partial charge in [-0.25, -0.2) is 0 Å². The van der Waals surface area contributed by atoms with E-state index in [1.165, 1.54) is 122 Å². The Morgan fingerprint density at radius 3 is 1.07 bits per heavy atom. The minimum Gasteiger partial charge on any atom is -0.462 e. The average Bonchev–Trinajstić information content (AvgIpc) is 3.26. The zero-order chi connectivity index (χ0) is 44.4. The minimum atomic E-state index is -0.791. The molecule has 0 bridgehead atoms. The minimum absolute atomic E-state index is 0.0900. The third-order valence-corrected chi connectivity index (χ3v) is 11.0. The zero-order valence-electron chi connectivity index (χ0n) is 40.2. The molecular weight excluding hydrogens is 757 g/mol. The first-order valence-corrected chi connectivity index (χ1v) is 25.8. The Balaban J connectivity index is 4.44. The SMILES string of the molecule is CC/C=C\C/C=C\C/C=C\C/C=C\CCCCC(=O)OC[C@@H](COC(=O)CCCCCCC/C=C\CCCCCC)OC(=O)CCCCCCCCCCCCCCCCC. The number of carbonyl (C=O) groups excluding carboxylic acids is 3. The molecule has 0 N–H and O–H groups in total. The van der Waals surface area contributed by atoms with E-state index in [0.29, 0.717) is 19.3 Å². The van der Waals surface area contributed by atoms with Crippen LogP contribution in [0.5, 0.6) is 0 Å². The lowest BCUT2D eigenvalue weighted by atomic mass is 10.0. The number of carbonyl (C=O) groups is 3. The van der Waals surface area contributed by atoms with Gasteiger partial charge in [0.1, 0.15) is 13.2 Å². The van der Waals surface area contributed by atoms with Gasteiger partial charge in [0.05, 0.1) is 0 Å². The maximum atomic E-state index is 12.8. The molecule has 0 aromatic rings. The van der Waals surface area contributed by atoms with Crippen LogP contribution < -0.4 is 0 Å². The van der Waals surface area contributed by atoms with Gasteiger partial charge in [0.25, 0.3) is 0 Å². The molecule has 0 rings (SSSR count). The van der Waals surface area contributed by atoms with Crippen molar-refractivity contribution in [1.82, 2.24) is 0 Å². The van der Waals surface area contributed by atoms with Crippen molar-refractivity contribution in [3.8, 4) is 0 Å². The maximum Gasteiger partial charge on any atom is 0.306 e. The van der Waals surface area contributed by atoms with Gasteiger partial charge in [-0.2, -0.15) is 0 Å². The van der Waals surface area contributed by atoms with Gasteiger partial charge in [0, 0.05) is 19.3 Å². The summed E-state index contributed by atoms with van der Waals surface area (Å²) in [5.74, 6) is -0.935. The molecule has 6 heteroatoms. The standard InChI is InChI=1S/C55H96O6/c1-4-7-10-13-16-19-22-25-27-30-33-36-39-42-45-48-54(57)60-51-52(50-59-53(56)47-44-41-38-35-32-29-24-21-18-15-12-9-6-3)61-55(58)49-46-43-40-37-34-31-28-26-23-20-17-14-11-8-5-2/h7,10,16,19,21,24-25,27,33,36,52H,4-6,8-9,11-15,17-18,20,22-23,26,28-32,34-35,37-51H2,1-3H3/b10-7-,19-16-,24-21-,27-25-,36-33-/t52-/m1/s1. The molecule has 0 unspecified atom stereocenters. The summed E-state index contributed by atoms with van der Waals surface area (Å²) in [5.41, 5.74) is 0. The van der Waals surface area contributed by atoms with Gasteiger partial charge in [-0.05, 0) is 83.5 Å². The van der Waals surface area contributed by atoms with Gasteiger partial charge in [-0.1, -0.05) is 210 Å². The number of hydrogen-bond donors (Lipinski definition) is 0. The molecule has 6 nitrogen and oxygen atoms in total. The highest BCUT2D eigenvalue weighted by Crippen LogP contribution is 2.15. The van der Waals surface area contributed by atoms with Crippen molar-refractivity contribution in [2.24, 2.45) is 0 Å². The summed E-state index contributed by atoms with van der Waals surface area (Å²) in [5, 5.41) is 0. The largest absolute Gasteiger partial charge is 0.462 e. The van der Waals surface area contributed by atoms with Gasteiger partial charge >= 0.3 is 17.9 Å². The molecule has 0 aliphatic heterocycles. The topological polar surface area (TPSA) is 78.9 Å². The first-order chi connectivity index (χ1) is 30.0. The van der Waals surface area contributed by atoms with Crippen molar-refractivity contribution < 1.29 is 28.6 Å². The number of allylic oxidation sites excluding steroid dienone is 10. The van der Waals surface area contributed by atoms with Gasteiger partial charge < -0.3 is 14.2 Å². The van der Waals surface area contributed by atoms with E-state index < -0.39 is 6.10 Å². The summed E-state index contributed by atoms with van der Waals surface area (Å²) in [6, 6.07) is 0. The second-order valence-corrected chi connectivity index (χ2v) is 17.1. The van der Waals surface area contributed by atoms with Gasteiger partial charge in [0.2, 0.25) is 0 Å². The van der Waals surface area contributed by atoms with Crippen LogP contribution in [0.1, 0.15) is 252 Å². The maximum absolute atomic E-state index is 12.8. The van der Waals surface area contributed by atoms with E-state index in [4.69, 9.17) is 14.2 Å². The fourth-order valence-electron chi connectivity index (χ4n) is 7.13. The number of esters is 3. The molecule has 0 aliphatic rings. The van der Waals surface area contributed by atoms with Crippen molar-refractivity contribution in [2.75, 3.05) is 13.2 Å². The average molecular weight is 853 g/mol. The third-order valence-electron chi connectivity index (χ3n) is 11.0. The molecule has 0 spiro atoms. The van der Waals surface area contributed by atoms with E-state index in [0.717, 1.165) is 89.9 Å². The molecule has 0 aromatic carbocycles. The van der Waals surface area contributed by atoms with Gasteiger partial charge in [-0.15, -0.1) is 0 Å². The van der Waals surface area contributed by atoms with Crippen LogP contribution in [0.25, 0.3) is 0 Å². The number of rotatable bonds is 46. The number of unbranched alkanes of at least 4 members (excludes halogenated alkanes) is 25. The number of ether oxygens (including phenoxy) is 3. The summed E-state index contributed by atoms with van der Waals surface area (Å²) in [4.78, 5) is 37.9. The molecule has 61 heavy (non-hydrogen) atoms. The molecule has 0 saturated heterocycles. The summed E-state index contributed by atoms with van der Waals surface area (Å²) in [7, 11) is 0. The summed E-state index contributed by atoms with van der Waals surface area (Å²) in [6.45, 7) is 6.48. The van der Waals surface area contributed by atoms with Crippen LogP contribution in [0.15, 0.2) is 60.8 Å². The molecule has 0 radical (unpaired) electrons. The van der Waals surface area contributed by atoms with Crippen molar-refractivity contribution in [1.29, 1.82) is 0 Å². The Bertz CT molecular complexity index is 1120. The van der Waals surface area contributed by atoms with E-state index >= 15 is 0 Å². The first-order valence-electron chi connectivity index (χ1n) is 25.8. The normalized spacial score (nSPS) is 12.5. The van der Waals surface area contributed by atoms with E-state index in [-0.39, 0.29) is 31.1 Å². The van der Waals surface area contributed by atoms with Crippen LogP contribution in [-0.2, 0) is 28.6 Å². The van der Waals surface area contributed by atoms with Crippen LogP contribution in [0, 0.1) is 0 Å². The molecule has 0 fully saturated rings. The van der Waals surface area contributed by atoms with Crippen LogP contribution in [0.2, 0.25) is 0 Å². The van der Waals surface area contributed by atoms with E-state index in [2.05, 4.69) is 81.5 Å². The smallest absolute Gasteiger partial charge is 0.306 e. The van der Waals surface area contributed by atoms with E-state index in [1.54, 1.807) is 0 Å². The molecule has 1 atom stereocenters. The molecule has 0 aliphatic carbocycles. The van der Waals surface area contributed by atoms with Crippen LogP contribution in [-0.4, -0.2) is 37.2 Å². The number of hydrogen-bond acceptors (Lipinski definition) is 6. The van der Waals surface area contributed by atoms with E-state index in [9.17, 15) is 14.4 Å². The summed E-state index contributed by atoms with van der Waals surface area (Å²) in [6.07, 6.45) is 60.6. The first kappa shape index (κ1) is 58.1. The third kappa shape index (κ3) is 48.0. The van der Waals surface area contributed by atoms with Crippen molar-refractivity contribution >= 4 is 17.9 Å². The van der Waals surface area contributed by atoms with Crippen LogP contribution in [0.3, 0.4) is 0 Å².